The van der Waals surface area contributed by atoms with Crippen molar-refractivity contribution in [2.45, 2.75) is 0 Å². The Balaban J connectivity index is 1.96. The summed E-state index contributed by atoms with van der Waals surface area (Å²) in [5.41, 5.74) is 6.31. The van der Waals surface area contributed by atoms with Crippen molar-refractivity contribution in [2.75, 3.05) is 39.8 Å². The van der Waals surface area contributed by atoms with Gasteiger partial charge in [0.05, 0.1) is 5.56 Å². The minimum absolute atomic E-state index is 0.000952. The van der Waals surface area contributed by atoms with E-state index in [-0.39, 0.29) is 17.5 Å². The monoisotopic (exact) mass is 371 g/mol. The zero-order valence-electron chi connectivity index (χ0n) is 11.8. The molecule has 2 rings (SSSR count). The number of amides is 1. The van der Waals surface area contributed by atoms with Crippen molar-refractivity contribution in [3.63, 3.8) is 0 Å². The summed E-state index contributed by atoms with van der Waals surface area (Å²) < 4.78 is 6.47. The smallest absolute Gasteiger partial charge is 0.260 e. The number of carbonyl (C=O) groups is 1. The number of piperazine rings is 1. The van der Waals surface area contributed by atoms with Crippen LogP contribution in [0.4, 0.5) is 0 Å². The van der Waals surface area contributed by atoms with Crippen LogP contribution in [-0.4, -0.2) is 60.5 Å². The van der Waals surface area contributed by atoms with Crippen LogP contribution in [0, 0.1) is 0 Å². The van der Waals surface area contributed by atoms with Gasteiger partial charge in [-0.15, -0.1) is 0 Å². The average Bonchev–Trinajstić information content (AvgIpc) is 2.46. The van der Waals surface area contributed by atoms with E-state index in [1.54, 1.807) is 12.1 Å². The number of nitrogens with two attached hydrogens (primary N) is 1. The van der Waals surface area contributed by atoms with Crippen LogP contribution in [0.1, 0.15) is 5.56 Å². The molecule has 0 radical (unpaired) electrons. The van der Waals surface area contributed by atoms with Crippen LogP contribution < -0.4 is 10.5 Å². The van der Waals surface area contributed by atoms with Gasteiger partial charge in [-0.05, 0) is 25.2 Å². The molecule has 0 unspecified atom stereocenters. The third-order valence-corrected chi connectivity index (χ3v) is 4.13. The van der Waals surface area contributed by atoms with E-state index in [4.69, 9.17) is 22.7 Å². The number of thiocarbonyl (C=S) groups is 1. The van der Waals surface area contributed by atoms with Gasteiger partial charge >= 0.3 is 0 Å². The second-order valence-electron chi connectivity index (χ2n) is 4.98. The van der Waals surface area contributed by atoms with Gasteiger partial charge < -0.3 is 20.3 Å². The number of carbonyl (C=O) groups excluding carboxylic acids is 1. The maximum Gasteiger partial charge on any atom is 0.260 e. The largest absolute Gasteiger partial charge is 0.483 e. The molecule has 1 amide bonds. The molecule has 1 heterocycles. The highest BCUT2D eigenvalue weighted by atomic mass is 79.9. The van der Waals surface area contributed by atoms with E-state index < -0.39 is 0 Å². The van der Waals surface area contributed by atoms with Crippen LogP contribution in [-0.2, 0) is 4.79 Å². The first-order valence-electron chi connectivity index (χ1n) is 6.66. The fraction of sp³-hybridized carbons (Fsp3) is 0.429. The van der Waals surface area contributed by atoms with Crippen LogP contribution in [0.25, 0.3) is 0 Å². The average molecular weight is 372 g/mol. The molecule has 114 valence electrons. The first-order valence-corrected chi connectivity index (χ1v) is 7.86. The lowest BCUT2D eigenvalue weighted by Gasteiger charge is -2.32. The zero-order valence-corrected chi connectivity index (χ0v) is 14.2. The topological polar surface area (TPSA) is 58.8 Å². The molecule has 0 aromatic heterocycles. The van der Waals surface area contributed by atoms with Crippen LogP contribution in [0.15, 0.2) is 22.7 Å². The van der Waals surface area contributed by atoms with Gasteiger partial charge in [-0.3, -0.25) is 4.79 Å². The van der Waals surface area contributed by atoms with Crippen LogP contribution in [0.5, 0.6) is 5.75 Å². The third kappa shape index (κ3) is 4.39. The Kier molecular flexibility index (Phi) is 5.55. The summed E-state index contributed by atoms with van der Waals surface area (Å²) in [4.78, 5) is 16.4. The molecule has 0 atom stereocenters. The van der Waals surface area contributed by atoms with Gasteiger partial charge in [0, 0.05) is 30.7 Å². The lowest BCUT2D eigenvalue weighted by molar-refractivity contribution is -0.134. The van der Waals surface area contributed by atoms with Crippen molar-refractivity contribution >= 4 is 39.0 Å². The quantitative estimate of drug-likeness (QED) is 0.806. The van der Waals surface area contributed by atoms with Gasteiger partial charge in [0.2, 0.25) is 0 Å². The van der Waals surface area contributed by atoms with E-state index in [0.29, 0.717) is 11.3 Å². The maximum absolute atomic E-state index is 12.1. The standard InChI is InChI=1S/C14H18BrN3O2S/c1-17-4-6-18(7-5-17)13(19)9-20-12-3-2-10(15)8-11(12)14(16)21/h2-3,8H,4-7,9H2,1H3,(H2,16,21). The van der Waals surface area contributed by atoms with Gasteiger partial charge in [0.15, 0.2) is 6.61 Å². The number of hydrogen-bond donors (Lipinski definition) is 1. The molecule has 7 heteroatoms. The molecule has 1 aliphatic rings. The van der Waals surface area contributed by atoms with Crippen molar-refractivity contribution in [1.82, 2.24) is 9.80 Å². The molecule has 21 heavy (non-hydrogen) atoms. The fourth-order valence-electron chi connectivity index (χ4n) is 2.11. The normalized spacial score (nSPS) is 15.8. The van der Waals surface area contributed by atoms with Gasteiger partial charge in [0.25, 0.3) is 5.91 Å². The summed E-state index contributed by atoms with van der Waals surface area (Å²) in [6, 6.07) is 5.38. The van der Waals surface area contributed by atoms with Gasteiger partial charge in [-0.2, -0.15) is 0 Å². The molecule has 1 aromatic carbocycles. The second-order valence-corrected chi connectivity index (χ2v) is 6.33. The summed E-state index contributed by atoms with van der Waals surface area (Å²) in [6.07, 6.45) is 0. The lowest BCUT2D eigenvalue weighted by Crippen LogP contribution is -2.48. The lowest BCUT2D eigenvalue weighted by atomic mass is 10.2. The Labute approximate surface area is 138 Å². The Morgan fingerprint density at radius 1 is 1.38 bits per heavy atom. The highest BCUT2D eigenvalue weighted by Crippen LogP contribution is 2.23. The number of halogens is 1. The number of likely N-dealkylation sites (N-methyl/N-ethyl adjacent to an activating group) is 1. The van der Waals surface area contributed by atoms with Gasteiger partial charge in [-0.25, -0.2) is 0 Å². The van der Waals surface area contributed by atoms with Crippen LogP contribution in [0.3, 0.4) is 0 Å². The highest BCUT2D eigenvalue weighted by molar-refractivity contribution is 9.10. The maximum atomic E-state index is 12.1. The molecule has 0 saturated carbocycles. The number of benzene rings is 1. The number of ether oxygens (including phenoxy) is 1. The molecule has 1 saturated heterocycles. The molecule has 0 aliphatic carbocycles. The Bertz CT molecular complexity index is 545. The first-order chi connectivity index (χ1) is 9.97. The van der Waals surface area contributed by atoms with Gasteiger partial charge in [0.1, 0.15) is 10.7 Å². The molecule has 1 aromatic rings. The number of nitrogens with zero attached hydrogens (tertiary/aromatic N) is 2. The van der Waals surface area contributed by atoms with Crippen molar-refractivity contribution in [3.8, 4) is 5.75 Å². The Morgan fingerprint density at radius 3 is 2.67 bits per heavy atom. The van der Waals surface area contributed by atoms with E-state index in [2.05, 4.69) is 27.9 Å². The molecular weight excluding hydrogens is 354 g/mol. The first kappa shape index (κ1) is 16.2. The van der Waals surface area contributed by atoms with Crippen LogP contribution in [0.2, 0.25) is 0 Å². The van der Waals surface area contributed by atoms with Crippen molar-refractivity contribution in [1.29, 1.82) is 0 Å². The van der Waals surface area contributed by atoms with Crippen molar-refractivity contribution in [3.05, 3.63) is 28.2 Å². The minimum Gasteiger partial charge on any atom is -0.483 e. The van der Waals surface area contributed by atoms with E-state index in [1.165, 1.54) is 0 Å². The summed E-state index contributed by atoms with van der Waals surface area (Å²) in [5.74, 6) is 0.521. The summed E-state index contributed by atoms with van der Waals surface area (Å²) in [6.45, 7) is 3.26. The van der Waals surface area contributed by atoms with E-state index in [1.807, 2.05) is 11.0 Å². The Hall–Kier alpha value is -1.18. The molecule has 1 aliphatic heterocycles. The summed E-state index contributed by atoms with van der Waals surface area (Å²) >= 11 is 8.37. The predicted octanol–water partition coefficient (Wildman–Crippen LogP) is 1.24. The molecule has 0 bridgehead atoms. The highest BCUT2D eigenvalue weighted by Gasteiger charge is 2.19. The summed E-state index contributed by atoms with van der Waals surface area (Å²) in [5, 5.41) is 0. The number of rotatable bonds is 4. The molecule has 0 spiro atoms. The SMILES string of the molecule is CN1CCN(C(=O)COc2ccc(Br)cc2C(N)=S)CC1. The molecular formula is C14H18BrN3O2S. The molecule has 5 nitrogen and oxygen atoms in total. The van der Waals surface area contributed by atoms with E-state index >= 15 is 0 Å². The number of hydrogen-bond acceptors (Lipinski definition) is 4. The van der Waals surface area contributed by atoms with Crippen molar-refractivity contribution < 1.29 is 9.53 Å². The fourth-order valence-corrected chi connectivity index (χ4v) is 2.63. The van der Waals surface area contributed by atoms with E-state index in [9.17, 15) is 4.79 Å². The third-order valence-electron chi connectivity index (χ3n) is 3.41. The van der Waals surface area contributed by atoms with Gasteiger partial charge in [-0.1, -0.05) is 28.1 Å². The summed E-state index contributed by atoms with van der Waals surface area (Å²) in [7, 11) is 2.05. The molecule has 1 fully saturated rings. The van der Waals surface area contributed by atoms with Crippen molar-refractivity contribution in [2.24, 2.45) is 5.73 Å². The van der Waals surface area contributed by atoms with E-state index in [0.717, 1.165) is 30.7 Å². The predicted molar refractivity (Wildman–Crippen MR) is 89.6 cm³/mol. The minimum atomic E-state index is -0.0140. The van der Waals surface area contributed by atoms with Crippen LogP contribution >= 0.6 is 28.1 Å². The molecule has 2 N–H and O–H groups in total. The zero-order chi connectivity index (χ0) is 15.4. The Morgan fingerprint density at radius 2 is 2.05 bits per heavy atom. The second kappa shape index (κ2) is 7.20.